The molecule has 4 fully saturated rings. The minimum Gasteiger partial charge on any atom is -0.388 e. The Hall–Kier alpha value is -1.92. The van der Waals surface area contributed by atoms with Crippen LogP contribution in [0.15, 0.2) is 30.3 Å². The lowest BCUT2D eigenvalue weighted by atomic mass is 9.56. The lowest BCUT2D eigenvalue weighted by Crippen LogP contribution is -2.62. The maximum atomic E-state index is 14.3. The smallest absolute Gasteiger partial charge is 0.226 e. The number of carbonyl (C=O) groups is 2. The van der Waals surface area contributed by atoms with Crippen molar-refractivity contribution in [2.75, 3.05) is 19.6 Å². The second-order valence-electron chi connectivity index (χ2n) is 13.9. The fraction of sp³-hybridized carbons (Fsp3) is 0.765. The third kappa shape index (κ3) is 5.60. The van der Waals surface area contributed by atoms with Crippen LogP contribution < -0.4 is 0 Å². The van der Waals surface area contributed by atoms with Gasteiger partial charge in [0.25, 0.3) is 0 Å². The molecule has 4 aliphatic rings. The molecule has 40 heavy (non-hydrogen) atoms. The number of amides is 2. The Bertz CT molecular complexity index is 1010. The molecule has 2 heterocycles. The molecule has 2 aliphatic heterocycles. The molecule has 3 unspecified atom stereocenters. The van der Waals surface area contributed by atoms with Crippen molar-refractivity contribution in [2.45, 2.75) is 121 Å². The van der Waals surface area contributed by atoms with Gasteiger partial charge in [-0.15, -0.1) is 0 Å². The van der Waals surface area contributed by atoms with Gasteiger partial charge in [0, 0.05) is 37.5 Å². The molecule has 6 heteroatoms. The highest BCUT2D eigenvalue weighted by Crippen LogP contribution is 2.54. The van der Waals surface area contributed by atoms with Crippen molar-refractivity contribution in [1.82, 2.24) is 9.80 Å². The fourth-order valence-corrected chi connectivity index (χ4v) is 8.61. The normalized spacial score (nSPS) is 34.6. The standard InChI is InChI=1S/C34H52N2O4/c1-4-9-25(3)34(27-12-6-5-7-13-27)18-16-33(17-19-34)15-14-28(32(40)36(33)21-26-10-8-11-26)24(2)20-31(39)35-22-29(37)30(38)23-35/h5-7,12-13,24-26,28-30,37-38H,4,8-11,14-23H2,1-3H3/t24?,25?,28?,29-,30-,33?,34?/m0/s1. The predicted octanol–water partition coefficient (Wildman–Crippen LogP) is 5.30. The summed E-state index contributed by atoms with van der Waals surface area (Å²) in [5.41, 5.74) is 1.59. The second kappa shape index (κ2) is 12.1. The van der Waals surface area contributed by atoms with Gasteiger partial charge in [0.1, 0.15) is 0 Å². The Morgan fingerprint density at radius 3 is 2.20 bits per heavy atom. The first-order chi connectivity index (χ1) is 19.2. The molecule has 2 aliphatic carbocycles. The Morgan fingerprint density at radius 2 is 1.62 bits per heavy atom. The molecule has 2 amide bonds. The summed E-state index contributed by atoms with van der Waals surface area (Å²) in [6.45, 7) is 8.03. The highest BCUT2D eigenvalue weighted by atomic mass is 16.3. The Morgan fingerprint density at radius 1 is 0.975 bits per heavy atom. The highest BCUT2D eigenvalue weighted by molar-refractivity contribution is 5.83. The van der Waals surface area contributed by atoms with Gasteiger partial charge < -0.3 is 20.0 Å². The van der Waals surface area contributed by atoms with E-state index in [1.54, 1.807) is 4.90 Å². The van der Waals surface area contributed by atoms with Crippen molar-refractivity contribution >= 4 is 11.8 Å². The van der Waals surface area contributed by atoms with E-state index in [1.807, 2.05) is 0 Å². The van der Waals surface area contributed by atoms with Crippen LogP contribution in [-0.4, -0.2) is 69.2 Å². The fourth-order valence-electron chi connectivity index (χ4n) is 8.61. The second-order valence-corrected chi connectivity index (χ2v) is 13.9. The minimum atomic E-state index is -0.872. The molecule has 1 aromatic carbocycles. The van der Waals surface area contributed by atoms with E-state index in [4.69, 9.17) is 0 Å². The maximum Gasteiger partial charge on any atom is 0.226 e. The van der Waals surface area contributed by atoms with Crippen molar-refractivity contribution in [3.63, 3.8) is 0 Å². The molecule has 6 nitrogen and oxygen atoms in total. The number of rotatable bonds is 9. The zero-order valence-electron chi connectivity index (χ0n) is 25.1. The summed E-state index contributed by atoms with van der Waals surface area (Å²) in [5, 5.41) is 19.8. The van der Waals surface area contributed by atoms with E-state index < -0.39 is 12.2 Å². The van der Waals surface area contributed by atoms with E-state index in [-0.39, 0.29) is 47.7 Å². The van der Waals surface area contributed by atoms with Crippen LogP contribution in [0.5, 0.6) is 0 Å². The Kier molecular flexibility index (Phi) is 8.97. The molecule has 2 saturated heterocycles. The lowest BCUT2D eigenvalue weighted by Gasteiger charge is -2.58. The molecule has 2 N–H and O–H groups in total. The van der Waals surface area contributed by atoms with Crippen LogP contribution in [0.1, 0.15) is 103 Å². The molecule has 5 rings (SSSR count). The predicted molar refractivity (Wildman–Crippen MR) is 158 cm³/mol. The summed E-state index contributed by atoms with van der Waals surface area (Å²) in [7, 11) is 0. The van der Waals surface area contributed by atoms with Gasteiger partial charge in [-0.2, -0.15) is 0 Å². The largest absolute Gasteiger partial charge is 0.388 e. The van der Waals surface area contributed by atoms with Crippen molar-refractivity contribution in [1.29, 1.82) is 0 Å². The Balaban J connectivity index is 1.32. The number of hydrogen-bond donors (Lipinski definition) is 2. The van der Waals surface area contributed by atoms with Crippen LogP contribution in [-0.2, 0) is 15.0 Å². The summed E-state index contributed by atoms with van der Waals surface area (Å²) in [6.07, 6.45) is 11.0. The van der Waals surface area contributed by atoms with E-state index in [0.29, 0.717) is 18.3 Å². The number of β-amino-alcohol motifs (C(OH)–C–C–N with tert-alkyl or cyclic N) is 2. The molecule has 1 aromatic rings. The summed E-state index contributed by atoms with van der Waals surface area (Å²) in [4.78, 5) is 31.2. The number of nitrogens with zero attached hydrogens (tertiary/aromatic N) is 2. The highest BCUT2D eigenvalue weighted by Gasteiger charge is 2.53. The van der Waals surface area contributed by atoms with Crippen LogP contribution in [0.3, 0.4) is 0 Å². The molecule has 1 spiro atoms. The molecule has 2 saturated carbocycles. The van der Waals surface area contributed by atoms with Gasteiger partial charge in [0.2, 0.25) is 11.8 Å². The van der Waals surface area contributed by atoms with Gasteiger partial charge in [-0.25, -0.2) is 0 Å². The van der Waals surface area contributed by atoms with Crippen LogP contribution in [0, 0.1) is 23.7 Å². The number of piperidine rings is 1. The summed E-state index contributed by atoms with van der Waals surface area (Å²) >= 11 is 0. The number of aliphatic hydroxyl groups is 2. The molecular formula is C34H52N2O4. The summed E-state index contributed by atoms with van der Waals surface area (Å²) < 4.78 is 0. The topological polar surface area (TPSA) is 81.1 Å². The lowest BCUT2D eigenvalue weighted by molar-refractivity contribution is -0.156. The third-order valence-electron chi connectivity index (χ3n) is 11.6. The van der Waals surface area contributed by atoms with Crippen molar-refractivity contribution < 1.29 is 19.8 Å². The first-order valence-corrected chi connectivity index (χ1v) is 16.2. The molecule has 0 aromatic heterocycles. The Labute approximate surface area is 241 Å². The van der Waals surface area contributed by atoms with Crippen molar-refractivity contribution in [3.8, 4) is 0 Å². The van der Waals surface area contributed by atoms with E-state index in [9.17, 15) is 19.8 Å². The zero-order chi connectivity index (χ0) is 28.5. The molecule has 222 valence electrons. The summed E-state index contributed by atoms with van der Waals surface area (Å²) in [6, 6.07) is 11.1. The van der Waals surface area contributed by atoms with Crippen LogP contribution in [0.25, 0.3) is 0 Å². The van der Waals surface area contributed by atoms with Crippen LogP contribution in [0.2, 0.25) is 0 Å². The number of hydrogen-bond acceptors (Lipinski definition) is 4. The van der Waals surface area contributed by atoms with Gasteiger partial charge in [0.05, 0.1) is 12.2 Å². The molecular weight excluding hydrogens is 500 g/mol. The van der Waals surface area contributed by atoms with E-state index >= 15 is 0 Å². The third-order valence-corrected chi connectivity index (χ3v) is 11.6. The monoisotopic (exact) mass is 552 g/mol. The van der Waals surface area contributed by atoms with Gasteiger partial charge in [-0.1, -0.05) is 70.4 Å². The van der Waals surface area contributed by atoms with E-state index in [2.05, 4.69) is 56.0 Å². The van der Waals surface area contributed by atoms with E-state index in [1.165, 1.54) is 37.7 Å². The van der Waals surface area contributed by atoms with Gasteiger partial charge in [-0.05, 0) is 80.1 Å². The number of carbonyl (C=O) groups excluding carboxylic acids is 2. The van der Waals surface area contributed by atoms with Gasteiger partial charge in [0.15, 0.2) is 0 Å². The SMILES string of the molecule is CCCC(C)C1(c2ccccc2)CCC2(CCC(C(C)CC(=O)N3C[C@H](O)[C@@H](O)C3)C(=O)N2CC2CCC2)CC1. The summed E-state index contributed by atoms with van der Waals surface area (Å²) in [5.74, 6) is 1.26. The molecule has 0 radical (unpaired) electrons. The molecule has 0 bridgehead atoms. The zero-order valence-corrected chi connectivity index (χ0v) is 25.1. The average Bonchev–Trinajstić information content (AvgIpc) is 3.26. The number of aliphatic hydroxyl groups excluding tert-OH is 2. The van der Waals surface area contributed by atoms with Crippen LogP contribution >= 0.6 is 0 Å². The average molecular weight is 553 g/mol. The number of likely N-dealkylation sites (tertiary alicyclic amines) is 2. The van der Waals surface area contributed by atoms with Crippen molar-refractivity contribution in [2.24, 2.45) is 23.7 Å². The van der Waals surface area contributed by atoms with Crippen molar-refractivity contribution in [3.05, 3.63) is 35.9 Å². The van der Waals surface area contributed by atoms with Gasteiger partial charge >= 0.3 is 0 Å². The number of benzene rings is 1. The quantitative estimate of drug-likeness (QED) is 0.436. The van der Waals surface area contributed by atoms with Gasteiger partial charge in [-0.3, -0.25) is 9.59 Å². The maximum absolute atomic E-state index is 14.3. The molecule has 5 atom stereocenters. The minimum absolute atomic E-state index is 0.0484. The first-order valence-electron chi connectivity index (χ1n) is 16.2. The first kappa shape index (κ1) is 29.6. The van der Waals surface area contributed by atoms with Crippen LogP contribution in [0.4, 0.5) is 0 Å². The van der Waals surface area contributed by atoms with E-state index in [0.717, 1.165) is 45.1 Å².